The summed E-state index contributed by atoms with van der Waals surface area (Å²) in [5.41, 5.74) is 0.478. The number of halogens is 1. The summed E-state index contributed by atoms with van der Waals surface area (Å²) in [6.07, 6.45) is 0.860. The smallest absolute Gasteiger partial charge is 0.324 e. The maximum atomic E-state index is 12.4. The summed E-state index contributed by atoms with van der Waals surface area (Å²) in [7, 11) is 1.67. The molecule has 1 aromatic rings. The lowest BCUT2D eigenvalue weighted by Gasteiger charge is -2.27. The third-order valence-corrected chi connectivity index (χ3v) is 3.25. The molecule has 0 aliphatic heterocycles. The maximum Gasteiger partial charge on any atom is 0.324 e. The molecule has 0 radical (unpaired) electrons. The molecule has 0 saturated carbocycles. The van der Waals surface area contributed by atoms with Gasteiger partial charge in [-0.15, -0.1) is 0 Å². The van der Waals surface area contributed by atoms with Crippen molar-refractivity contribution in [3.63, 3.8) is 0 Å². The van der Waals surface area contributed by atoms with Gasteiger partial charge in [0.1, 0.15) is 6.54 Å². The fourth-order valence-corrected chi connectivity index (χ4v) is 1.99. The summed E-state index contributed by atoms with van der Waals surface area (Å²) in [6, 6.07) is 6.27. The summed E-state index contributed by atoms with van der Waals surface area (Å²) in [4.78, 5) is 26.2. The van der Waals surface area contributed by atoms with E-state index in [1.807, 2.05) is 0 Å². The molecule has 1 aromatic carbocycles. The molecule has 0 fully saturated rings. The molecule has 0 heterocycles. The highest BCUT2D eigenvalue weighted by Crippen LogP contribution is 2.20. The molecule has 0 aliphatic rings. The van der Waals surface area contributed by atoms with Crippen LogP contribution in [0.5, 0.6) is 0 Å². The number of nitrogens with zero attached hydrogens (tertiary/aromatic N) is 2. The van der Waals surface area contributed by atoms with Crippen molar-refractivity contribution in [3.05, 3.63) is 29.3 Å². The maximum absolute atomic E-state index is 12.4. The van der Waals surface area contributed by atoms with E-state index in [2.05, 4.69) is 13.8 Å². The number of carboxylic acids is 1. The summed E-state index contributed by atoms with van der Waals surface area (Å²) >= 11 is 5.91. The van der Waals surface area contributed by atoms with Crippen LogP contribution >= 0.6 is 11.6 Å². The predicted octanol–water partition coefficient (Wildman–Crippen LogP) is 3.33. The van der Waals surface area contributed by atoms with Crippen LogP contribution in [-0.2, 0) is 4.79 Å². The van der Waals surface area contributed by atoms with Crippen molar-refractivity contribution in [2.75, 3.05) is 25.0 Å². The third kappa shape index (κ3) is 5.63. The van der Waals surface area contributed by atoms with Crippen LogP contribution in [0.15, 0.2) is 24.3 Å². The van der Waals surface area contributed by atoms with Gasteiger partial charge >= 0.3 is 12.0 Å². The minimum absolute atomic E-state index is 0.347. The van der Waals surface area contributed by atoms with E-state index >= 15 is 0 Å². The van der Waals surface area contributed by atoms with Gasteiger partial charge in [-0.1, -0.05) is 31.5 Å². The summed E-state index contributed by atoms with van der Waals surface area (Å²) in [6.45, 7) is 4.33. The lowest BCUT2D eigenvalue weighted by Crippen LogP contribution is -2.44. The van der Waals surface area contributed by atoms with Crippen molar-refractivity contribution in [1.29, 1.82) is 0 Å². The average Bonchev–Trinajstić information content (AvgIpc) is 2.41. The van der Waals surface area contributed by atoms with E-state index in [-0.39, 0.29) is 6.03 Å². The highest BCUT2D eigenvalue weighted by molar-refractivity contribution is 6.30. The SMILES string of the molecule is CC(C)CCN(C)C(=O)N(CC(=O)O)c1cccc(Cl)c1. The first-order chi connectivity index (χ1) is 9.81. The second kappa shape index (κ2) is 7.88. The Morgan fingerprint density at radius 1 is 1.33 bits per heavy atom. The fourth-order valence-electron chi connectivity index (χ4n) is 1.80. The molecule has 0 bridgehead atoms. The molecule has 116 valence electrons. The quantitative estimate of drug-likeness (QED) is 0.876. The van der Waals surface area contributed by atoms with E-state index in [9.17, 15) is 9.59 Å². The van der Waals surface area contributed by atoms with Crippen LogP contribution in [0, 0.1) is 5.92 Å². The van der Waals surface area contributed by atoms with Crippen LogP contribution < -0.4 is 4.90 Å². The highest BCUT2D eigenvalue weighted by Gasteiger charge is 2.22. The number of anilines is 1. The van der Waals surface area contributed by atoms with E-state index in [0.717, 1.165) is 6.42 Å². The minimum atomic E-state index is -1.07. The molecular weight excluding hydrogens is 292 g/mol. The van der Waals surface area contributed by atoms with Gasteiger partial charge in [0.05, 0.1) is 0 Å². The van der Waals surface area contributed by atoms with Crippen LogP contribution in [0.25, 0.3) is 0 Å². The van der Waals surface area contributed by atoms with Crippen molar-refractivity contribution in [1.82, 2.24) is 4.90 Å². The molecule has 0 spiro atoms. The number of hydrogen-bond acceptors (Lipinski definition) is 2. The number of aliphatic carboxylic acids is 1. The van der Waals surface area contributed by atoms with E-state index in [4.69, 9.17) is 16.7 Å². The summed E-state index contributed by atoms with van der Waals surface area (Å²) in [5.74, 6) is -0.597. The Morgan fingerprint density at radius 2 is 2.00 bits per heavy atom. The normalized spacial score (nSPS) is 10.5. The zero-order chi connectivity index (χ0) is 16.0. The van der Waals surface area contributed by atoms with Crippen LogP contribution in [0.3, 0.4) is 0 Å². The average molecular weight is 313 g/mol. The van der Waals surface area contributed by atoms with Crippen LogP contribution in [0.1, 0.15) is 20.3 Å². The van der Waals surface area contributed by atoms with Gasteiger partial charge in [-0.3, -0.25) is 9.69 Å². The largest absolute Gasteiger partial charge is 0.480 e. The van der Waals surface area contributed by atoms with E-state index in [1.165, 1.54) is 9.80 Å². The second-order valence-corrected chi connectivity index (χ2v) is 5.78. The first-order valence-electron chi connectivity index (χ1n) is 6.81. The van der Waals surface area contributed by atoms with Crippen LogP contribution in [0.4, 0.5) is 10.5 Å². The van der Waals surface area contributed by atoms with Gasteiger partial charge < -0.3 is 10.0 Å². The molecule has 5 nitrogen and oxygen atoms in total. The second-order valence-electron chi connectivity index (χ2n) is 5.35. The van der Waals surface area contributed by atoms with E-state index in [1.54, 1.807) is 31.3 Å². The van der Waals surface area contributed by atoms with Gasteiger partial charge in [0.2, 0.25) is 0 Å². The molecule has 1 N–H and O–H groups in total. The molecule has 0 atom stereocenters. The number of urea groups is 1. The van der Waals surface area contributed by atoms with Crippen LogP contribution in [0.2, 0.25) is 5.02 Å². The molecular formula is C15H21ClN2O3. The monoisotopic (exact) mass is 312 g/mol. The molecule has 6 heteroatoms. The first-order valence-corrected chi connectivity index (χ1v) is 7.19. The number of benzene rings is 1. The molecule has 1 rings (SSSR count). The van der Waals surface area contributed by atoms with Crippen molar-refractivity contribution >= 4 is 29.3 Å². The Bertz CT molecular complexity index is 505. The van der Waals surface area contributed by atoms with Gasteiger partial charge in [0, 0.05) is 24.3 Å². The number of carbonyl (C=O) groups is 2. The van der Waals surface area contributed by atoms with Gasteiger partial charge in [-0.2, -0.15) is 0 Å². The van der Waals surface area contributed by atoms with Crippen molar-refractivity contribution in [3.8, 4) is 0 Å². The van der Waals surface area contributed by atoms with E-state index in [0.29, 0.717) is 23.2 Å². The van der Waals surface area contributed by atoms with Crippen molar-refractivity contribution < 1.29 is 14.7 Å². The molecule has 0 unspecified atom stereocenters. The Morgan fingerprint density at radius 3 is 2.52 bits per heavy atom. The van der Waals surface area contributed by atoms with Gasteiger partial charge in [0.25, 0.3) is 0 Å². The van der Waals surface area contributed by atoms with Crippen molar-refractivity contribution in [2.45, 2.75) is 20.3 Å². The number of carboxylic acid groups (broad SMARTS) is 1. The topological polar surface area (TPSA) is 60.9 Å². The standard InChI is InChI=1S/C15H21ClN2O3/c1-11(2)7-8-17(3)15(21)18(10-14(19)20)13-6-4-5-12(16)9-13/h4-6,9,11H,7-8,10H2,1-3H3,(H,19,20). The Labute approximate surface area is 130 Å². The Balaban J connectivity index is 2.91. The first kappa shape index (κ1) is 17.3. The predicted molar refractivity (Wildman–Crippen MR) is 83.9 cm³/mol. The summed E-state index contributed by atoms with van der Waals surface area (Å²) < 4.78 is 0. The molecule has 0 aliphatic carbocycles. The lowest BCUT2D eigenvalue weighted by molar-refractivity contribution is -0.135. The number of carbonyl (C=O) groups excluding carboxylic acids is 1. The Hall–Kier alpha value is -1.75. The molecule has 21 heavy (non-hydrogen) atoms. The Kier molecular flexibility index (Phi) is 6.49. The molecule has 0 aromatic heterocycles. The van der Waals surface area contributed by atoms with E-state index < -0.39 is 12.5 Å². The molecule has 0 saturated heterocycles. The lowest BCUT2D eigenvalue weighted by atomic mass is 10.1. The van der Waals surface area contributed by atoms with Crippen molar-refractivity contribution in [2.24, 2.45) is 5.92 Å². The van der Waals surface area contributed by atoms with Gasteiger partial charge in [-0.05, 0) is 30.5 Å². The van der Waals surface area contributed by atoms with Gasteiger partial charge in [-0.25, -0.2) is 4.79 Å². The third-order valence-electron chi connectivity index (χ3n) is 3.01. The zero-order valence-corrected chi connectivity index (χ0v) is 13.3. The number of rotatable bonds is 6. The van der Waals surface area contributed by atoms with Crippen LogP contribution in [-0.4, -0.2) is 42.1 Å². The fraction of sp³-hybridized carbons (Fsp3) is 0.467. The summed E-state index contributed by atoms with van der Waals surface area (Å²) in [5, 5.41) is 9.48. The molecule has 2 amide bonds. The van der Waals surface area contributed by atoms with Gasteiger partial charge in [0.15, 0.2) is 0 Å². The minimum Gasteiger partial charge on any atom is -0.480 e. The number of hydrogen-bond donors (Lipinski definition) is 1. The highest BCUT2D eigenvalue weighted by atomic mass is 35.5. The number of amides is 2. The zero-order valence-electron chi connectivity index (χ0n) is 12.5.